The molecule has 11 nitrogen and oxygen atoms in total. The van der Waals surface area contributed by atoms with Gasteiger partial charge in [0.05, 0.1) is 26.0 Å². The van der Waals surface area contributed by atoms with E-state index in [1.807, 2.05) is 13.8 Å². The lowest BCUT2D eigenvalue weighted by Crippen LogP contribution is -2.42. The summed E-state index contributed by atoms with van der Waals surface area (Å²) >= 11 is 0. The number of carbonyl (C=O) groups excluding carboxylic acids is 1. The monoisotopic (exact) mass is 579 g/mol. The van der Waals surface area contributed by atoms with Crippen LogP contribution in [0.2, 0.25) is 0 Å². The minimum absolute atomic E-state index is 0.000995. The number of fused-ring (bicyclic) bond motifs is 7. The van der Waals surface area contributed by atoms with E-state index in [0.29, 0.717) is 32.4 Å². The zero-order valence-corrected chi connectivity index (χ0v) is 23.6. The van der Waals surface area contributed by atoms with Crippen LogP contribution in [-0.2, 0) is 16.6 Å². The zero-order chi connectivity index (χ0) is 28.9. The van der Waals surface area contributed by atoms with E-state index in [1.54, 1.807) is 9.47 Å². The van der Waals surface area contributed by atoms with Crippen molar-refractivity contribution in [2.45, 2.75) is 45.7 Å². The summed E-state index contributed by atoms with van der Waals surface area (Å²) in [6, 6.07) is 1.53. The van der Waals surface area contributed by atoms with E-state index >= 15 is 0 Å². The summed E-state index contributed by atoms with van der Waals surface area (Å²) in [5.41, 5.74) is -0.263. The molecule has 3 aromatic rings. The van der Waals surface area contributed by atoms with E-state index < -0.39 is 27.2 Å². The molecule has 1 atom stereocenters. The summed E-state index contributed by atoms with van der Waals surface area (Å²) in [6.07, 6.45) is 1.32. The number of nitrogens with zero attached hydrogens (tertiary/aromatic N) is 5. The first kappa shape index (κ1) is 27.9. The smallest absolute Gasteiger partial charge is 0.280 e. The molecule has 1 aromatic carbocycles. The number of aromatic nitrogens is 3. The molecular weight excluding hydrogens is 548 g/mol. The van der Waals surface area contributed by atoms with Crippen molar-refractivity contribution in [3.8, 4) is 11.5 Å². The molecule has 0 saturated carbocycles. The van der Waals surface area contributed by atoms with Crippen LogP contribution in [0.1, 0.15) is 55.2 Å². The third-order valence-corrected chi connectivity index (χ3v) is 9.29. The van der Waals surface area contributed by atoms with Crippen molar-refractivity contribution < 1.29 is 31.5 Å². The molecule has 2 aliphatic rings. The molecule has 0 fully saturated rings. The van der Waals surface area contributed by atoms with Gasteiger partial charge in [0.25, 0.3) is 11.5 Å². The Labute approximate surface area is 229 Å². The quantitative estimate of drug-likeness (QED) is 0.459. The maximum atomic E-state index is 14.3. The predicted octanol–water partition coefficient (Wildman–Crippen LogP) is 2.90. The summed E-state index contributed by atoms with van der Waals surface area (Å²) in [6.45, 7) is 4.26. The number of methoxy groups -OCH3 is 1. The van der Waals surface area contributed by atoms with Crippen LogP contribution in [0.3, 0.4) is 0 Å². The van der Waals surface area contributed by atoms with Gasteiger partial charge in [0.1, 0.15) is 16.7 Å². The Morgan fingerprint density at radius 1 is 1.15 bits per heavy atom. The fraction of sp³-hybridized carbons (Fsp3) is 0.500. The number of hydrogen-bond acceptors (Lipinski definition) is 7. The first-order chi connectivity index (χ1) is 19.0. The summed E-state index contributed by atoms with van der Waals surface area (Å²) in [4.78, 5) is 29.1. The van der Waals surface area contributed by atoms with Crippen molar-refractivity contribution >= 4 is 32.7 Å². The standard InChI is InChI=1S/C26H31F2N5O6S/c1-5-31-13-15(2)33-21-20(23(38-4)22(33)26(31)35)25(34)32-14-16-11-17(27)18(28)12-19(16)39-9-7-6-8-10-40(36,37)30(3)24(21)29-32/h11-12,15H,5-10,13-14H2,1-4H3. The second-order valence-electron chi connectivity index (χ2n) is 10.0. The number of rotatable bonds is 2. The van der Waals surface area contributed by atoms with E-state index in [-0.39, 0.29) is 70.3 Å². The van der Waals surface area contributed by atoms with Crippen LogP contribution in [0.25, 0.3) is 10.9 Å². The first-order valence-electron chi connectivity index (χ1n) is 13.1. The summed E-state index contributed by atoms with van der Waals surface area (Å²) < 4.78 is 70.3. The molecule has 2 aromatic heterocycles. The molecule has 1 amide bonds. The molecule has 1 unspecified atom stereocenters. The van der Waals surface area contributed by atoms with Crippen LogP contribution >= 0.6 is 0 Å². The van der Waals surface area contributed by atoms with Crippen LogP contribution in [-0.4, -0.2) is 73.2 Å². The summed E-state index contributed by atoms with van der Waals surface area (Å²) in [5.74, 6) is -2.81. The third-order valence-electron chi connectivity index (χ3n) is 7.48. The van der Waals surface area contributed by atoms with Crippen molar-refractivity contribution in [2.75, 3.05) is 43.9 Å². The van der Waals surface area contributed by atoms with Crippen LogP contribution < -0.4 is 19.3 Å². The van der Waals surface area contributed by atoms with E-state index in [4.69, 9.17) is 9.47 Å². The summed E-state index contributed by atoms with van der Waals surface area (Å²) in [7, 11) is -1.22. The maximum absolute atomic E-state index is 14.3. The van der Waals surface area contributed by atoms with Gasteiger partial charge in [0, 0.05) is 37.8 Å². The van der Waals surface area contributed by atoms with Crippen molar-refractivity contribution in [1.82, 2.24) is 19.2 Å². The maximum Gasteiger partial charge on any atom is 0.280 e. The normalized spacial score (nSPS) is 19.6. The minimum Gasteiger partial charge on any atom is -0.493 e. The Morgan fingerprint density at radius 3 is 2.58 bits per heavy atom. The Bertz CT molecular complexity index is 1670. The lowest BCUT2D eigenvalue weighted by Gasteiger charge is -2.33. The lowest BCUT2D eigenvalue weighted by atomic mass is 10.1. The lowest BCUT2D eigenvalue weighted by molar-refractivity contribution is 0.0685. The van der Waals surface area contributed by atoms with Gasteiger partial charge in [-0.25, -0.2) is 21.9 Å². The molecule has 40 heavy (non-hydrogen) atoms. The molecule has 5 rings (SSSR count). The average molecular weight is 580 g/mol. The Kier molecular flexibility index (Phi) is 7.23. The Hall–Kier alpha value is -3.68. The number of likely N-dealkylation sites (N-methyl/N-ethyl adjacent to an activating group) is 1. The number of benzene rings is 1. The van der Waals surface area contributed by atoms with Crippen molar-refractivity contribution in [1.29, 1.82) is 0 Å². The Balaban J connectivity index is 1.87. The van der Waals surface area contributed by atoms with Gasteiger partial charge in [0.15, 0.2) is 28.9 Å². The minimum atomic E-state index is -3.90. The number of amides is 1. The van der Waals surface area contributed by atoms with Crippen molar-refractivity contribution in [3.05, 3.63) is 45.4 Å². The predicted molar refractivity (Wildman–Crippen MR) is 144 cm³/mol. The van der Waals surface area contributed by atoms with Crippen LogP contribution in [0.4, 0.5) is 14.6 Å². The third kappa shape index (κ3) is 4.47. The van der Waals surface area contributed by atoms with Gasteiger partial charge in [-0.2, -0.15) is 0 Å². The van der Waals surface area contributed by atoms with Gasteiger partial charge in [-0.3, -0.25) is 13.9 Å². The molecule has 0 saturated heterocycles. The summed E-state index contributed by atoms with van der Waals surface area (Å²) in [5, 5.41) is 4.42. The molecule has 0 aliphatic carbocycles. The first-order valence-corrected chi connectivity index (χ1v) is 14.7. The molecule has 216 valence electrons. The molecule has 0 radical (unpaired) electrons. The number of sulfonamides is 1. The largest absolute Gasteiger partial charge is 0.493 e. The zero-order valence-electron chi connectivity index (χ0n) is 22.7. The second-order valence-corrected chi connectivity index (χ2v) is 12.1. The molecule has 4 heterocycles. The highest BCUT2D eigenvalue weighted by molar-refractivity contribution is 7.92. The van der Waals surface area contributed by atoms with Crippen LogP contribution in [0, 0.1) is 11.6 Å². The van der Waals surface area contributed by atoms with E-state index in [2.05, 4.69) is 5.10 Å². The van der Waals surface area contributed by atoms with Gasteiger partial charge >= 0.3 is 0 Å². The van der Waals surface area contributed by atoms with Gasteiger partial charge in [0.2, 0.25) is 10.0 Å². The molecule has 2 aliphatic heterocycles. The van der Waals surface area contributed by atoms with Crippen molar-refractivity contribution in [3.63, 3.8) is 0 Å². The average Bonchev–Trinajstić information content (AvgIpc) is 3.27. The number of ether oxygens (including phenoxy) is 2. The van der Waals surface area contributed by atoms with E-state index in [1.165, 1.54) is 14.2 Å². The number of halogens is 2. The van der Waals surface area contributed by atoms with Crippen LogP contribution in [0.15, 0.2) is 16.9 Å². The fourth-order valence-electron chi connectivity index (χ4n) is 5.39. The topological polar surface area (TPSA) is 116 Å². The van der Waals surface area contributed by atoms with Gasteiger partial charge in [-0.1, -0.05) is 0 Å². The second kappa shape index (κ2) is 10.4. The van der Waals surface area contributed by atoms with E-state index in [0.717, 1.165) is 21.1 Å². The van der Waals surface area contributed by atoms with Crippen molar-refractivity contribution in [2.24, 2.45) is 0 Å². The molecule has 2 bridgehead atoms. The SMILES string of the molecule is CCN1CC(C)n2c(c(OC)c3c(=O)n4nc(c32)N(C)S(=O)(=O)CCCCCOc2cc(F)c(F)cc2C4)C1=O. The van der Waals surface area contributed by atoms with Crippen LogP contribution in [0.5, 0.6) is 11.5 Å². The fourth-order valence-corrected chi connectivity index (χ4v) is 6.62. The van der Waals surface area contributed by atoms with Gasteiger partial charge in [-0.15, -0.1) is 5.10 Å². The molecular formula is C26H31F2N5O6S. The van der Waals surface area contributed by atoms with Gasteiger partial charge < -0.3 is 18.9 Å². The Morgan fingerprint density at radius 2 is 1.88 bits per heavy atom. The highest BCUT2D eigenvalue weighted by Gasteiger charge is 2.39. The van der Waals surface area contributed by atoms with Gasteiger partial charge in [-0.05, 0) is 39.2 Å². The number of carbonyl (C=O) groups is 1. The highest BCUT2D eigenvalue weighted by atomic mass is 32.2. The van der Waals surface area contributed by atoms with E-state index in [9.17, 15) is 26.8 Å². The number of hydrogen-bond donors (Lipinski definition) is 0. The molecule has 14 heteroatoms. The highest BCUT2D eigenvalue weighted by Crippen LogP contribution is 2.41. The number of anilines is 1. The molecule has 0 spiro atoms. The molecule has 0 N–H and O–H groups in total.